The van der Waals surface area contributed by atoms with Crippen LogP contribution < -0.4 is 5.43 Å². The van der Waals surface area contributed by atoms with E-state index < -0.39 is 23.3 Å². The summed E-state index contributed by atoms with van der Waals surface area (Å²) in [6, 6.07) is 7.66. The number of hydrogen-bond donors (Lipinski definition) is 2. The molecule has 0 bridgehead atoms. The van der Waals surface area contributed by atoms with Crippen LogP contribution in [0.5, 0.6) is 5.75 Å². The molecule has 0 aliphatic rings. The molecule has 0 aliphatic heterocycles. The zero-order chi connectivity index (χ0) is 16.3. The number of halogens is 3. The summed E-state index contributed by atoms with van der Waals surface area (Å²) in [6.07, 6.45) is 0. The van der Waals surface area contributed by atoms with Gasteiger partial charge in [-0.3, -0.25) is 4.79 Å². The first kappa shape index (κ1) is 15.9. The summed E-state index contributed by atoms with van der Waals surface area (Å²) in [7, 11) is 0. The number of hydrogen-bond acceptors (Lipinski definition) is 3. The number of rotatable bonds is 3. The largest absolute Gasteiger partial charge is 0.504 e. The zero-order valence-corrected chi connectivity index (χ0v) is 12.2. The van der Waals surface area contributed by atoms with Crippen LogP contribution in [0.3, 0.4) is 0 Å². The second kappa shape index (κ2) is 6.53. The van der Waals surface area contributed by atoms with Crippen LogP contribution in [-0.4, -0.2) is 16.7 Å². The van der Waals surface area contributed by atoms with E-state index in [-0.39, 0.29) is 16.8 Å². The van der Waals surface area contributed by atoms with E-state index in [9.17, 15) is 18.7 Å². The van der Waals surface area contributed by atoms with E-state index in [1.807, 2.05) is 0 Å². The van der Waals surface area contributed by atoms with Crippen LogP contribution >= 0.6 is 11.6 Å². The Balaban J connectivity index is 2.22. The lowest BCUT2D eigenvalue weighted by Gasteiger charge is -2.06. The molecule has 0 spiro atoms. The smallest absolute Gasteiger partial charge is 0.271 e. The molecule has 0 radical (unpaired) electrons. The first-order valence-corrected chi connectivity index (χ1v) is 6.55. The Morgan fingerprint density at radius 3 is 2.68 bits per heavy atom. The zero-order valence-electron chi connectivity index (χ0n) is 11.4. The molecule has 0 saturated heterocycles. The van der Waals surface area contributed by atoms with Gasteiger partial charge in [-0.1, -0.05) is 17.7 Å². The molecule has 0 aromatic heterocycles. The summed E-state index contributed by atoms with van der Waals surface area (Å²) in [5.41, 5.74) is 2.40. The molecule has 22 heavy (non-hydrogen) atoms. The maximum Gasteiger partial charge on any atom is 0.271 e. The number of phenols is 1. The predicted octanol–water partition coefficient (Wildman–Crippen LogP) is 3.48. The highest BCUT2D eigenvalue weighted by molar-refractivity contribution is 6.30. The standard InChI is InChI=1S/C15H11ClF2N2O2/c1-8(12-6-11(17)7-13(18)14(12)21)19-20-15(22)9-3-2-4-10(16)5-9/h2-7,21H,1H3,(H,20,22). The number of benzene rings is 2. The molecule has 1 amide bonds. The van der Waals surface area contributed by atoms with Crippen molar-refractivity contribution >= 4 is 23.2 Å². The highest BCUT2D eigenvalue weighted by Crippen LogP contribution is 2.23. The van der Waals surface area contributed by atoms with E-state index in [1.165, 1.54) is 19.1 Å². The average Bonchev–Trinajstić information content (AvgIpc) is 2.48. The summed E-state index contributed by atoms with van der Waals surface area (Å²) in [6.45, 7) is 1.40. The first-order chi connectivity index (χ1) is 10.4. The lowest BCUT2D eigenvalue weighted by atomic mass is 10.1. The van der Waals surface area contributed by atoms with Gasteiger partial charge >= 0.3 is 0 Å². The van der Waals surface area contributed by atoms with E-state index in [1.54, 1.807) is 12.1 Å². The van der Waals surface area contributed by atoms with Gasteiger partial charge in [0.1, 0.15) is 5.82 Å². The molecular formula is C15H11ClF2N2O2. The number of aromatic hydroxyl groups is 1. The Hall–Kier alpha value is -2.47. The van der Waals surface area contributed by atoms with Gasteiger partial charge in [-0.15, -0.1) is 0 Å². The lowest BCUT2D eigenvalue weighted by molar-refractivity contribution is 0.0955. The monoisotopic (exact) mass is 324 g/mol. The van der Waals surface area contributed by atoms with Gasteiger partial charge in [-0.25, -0.2) is 14.2 Å². The lowest BCUT2D eigenvalue weighted by Crippen LogP contribution is -2.19. The molecule has 0 saturated carbocycles. The van der Waals surface area contributed by atoms with Crippen LogP contribution in [-0.2, 0) is 0 Å². The number of hydrazone groups is 1. The Morgan fingerprint density at radius 2 is 2.00 bits per heavy atom. The number of carbonyl (C=O) groups is 1. The topological polar surface area (TPSA) is 61.7 Å². The van der Waals surface area contributed by atoms with Gasteiger partial charge in [0, 0.05) is 22.2 Å². The fraction of sp³-hybridized carbons (Fsp3) is 0.0667. The van der Waals surface area contributed by atoms with E-state index in [4.69, 9.17) is 11.6 Å². The number of carbonyl (C=O) groups excluding carboxylic acids is 1. The number of nitrogens with zero attached hydrogens (tertiary/aromatic N) is 1. The van der Waals surface area contributed by atoms with Crippen molar-refractivity contribution in [3.8, 4) is 5.75 Å². The van der Waals surface area contributed by atoms with E-state index in [0.29, 0.717) is 11.1 Å². The molecule has 0 aliphatic carbocycles. The van der Waals surface area contributed by atoms with Crippen molar-refractivity contribution < 1.29 is 18.7 Å². The van der Waals surface area contributed by atoms with Gasteiger partial charge in [0.15, 0.2) is 11.6 Å². The summed E-state index contributed by atoms with van der Waals surface area (Å²) < 4.78 is 26.4. The molecule has 0 unspecified atom stereocenters. The van der Waals surface area contributed by atoms with Crippen LogP contribution in [0, 0.1) is 11.6 Å². The molecule has 4 nitrogen and oxygen atoms in total. The summed E-state index contributed by atoms with van der Waals surface area (Å²) in [5, 5.41) is 13.7. The molecule has 2 rings (SSSR count). The van der Waals surface area contributed by atoms with E-state index >= 15 is 0 Å². The predicted molar refractivity (Wildman–Crippen MR) is 79.2 cm³/mol. The maximum atomic E-state index is 13.3. The van der Waals surface area contributed by atoms with Crippen LogP contribution in [0.25, 0.3) is 0 Å². The van der Waals surface area contributed by atoms with Gasteiger partial charge in [-0.2, -0.15) is 5.10 Å². The molecule has 7 heteroatoms. The average molecular weight is 325 g/mol. The summed E-state index contributed by atoms with van der Waals surface area (Å²) in [4.78, 5) is 11.9. The van der Waals surface area contributed by atoms with Crippen molar-refractivity contribution in [1.29, 1.82) is 0 Å². The molecule has 0 fully saturated rings. The third-order valence-electron chi connectivity index (χ3n) is 2.83. The second-order valence-corrected chi connectivity index (χ2v) is 4.87. The Kier molecular flexibility index (Phi) is 4.72. The highest BCUT2D eigenvalue weighted by Gasteiger charge is 2.13. The van der Waals surface area contributed by atoms with E-state index in [0.717, 1.165) is 6.07 Å². The summed E-state index contributed by atoms with van der Waals surface area (Å²) in [5.74, 6) is -3.25. The normalized spacial score (nSPS) is 11.4. The van der Waals surface area contributed by atoms with Crippen molar-refractivity contribution in [2.24, 2.45) is 5.10 Å². The van der Waals surface area contributed by atoms with Crippen LogP contribution in [0.4, 0.5) is 8.78 Å². The van der Waals surface area contributed by atoms with E-state index in [2.05, 4.69) is 10.5 Å². The molecular weight excluding hydrogens is 314 g/mol. The quantitative estimate of drug-likeness (QED) is 0.670. The summed E-state index contributed by atoms with van der Waals surface area (Å²) >= 11 is 5.77. The minimum Gasteiger partial charge on any atom is -0.504 e. The third kappa shape index (κ3) is 3.59. The van der Waals surface area contributed by atoms with Crippen LogP contribution in [0.15, 0.2) is 41.5 Å². The number of phenolic OH excluding ortho intramolecular Hbond substituents is 1. The fourth-order valence-corrected chi connectivity index (χ4v) is 1.92. The first-order valence-electron chi connectivity index (χ1n) is 6.17. The van der Waals surface area contributed by atoms with Gasteiger partial charge in [0.2, 0.25) is 0 Å². The van der Waals surface area contributed by atoms with Crippen molar-refractivity contribution in [3.05, 3.63) is 64.2 Å². The Labute approximate surface area is 130 Å². The molecule has 2 aromatic carbocycles. The SMILES string of the molecule is CC(=NNC(=O)c1cccc(Cl)c1)c1cc(F)cc(F)c1O. The minimum absolute atomic E-state index is 0.0475. The van der Waals surface area contributed by atoms with Gasteiger partial charge in [0.05, 0.1) is 5.71 Å². The van der Waals surface area contributed by atoms with Crippen LogP contribution in [0.2, 0.25) is 5.02 Å². The van der Waals surface area contributed by atoms with Gasteiger partial charge in [-0.05, 0) is 31.2 Å². The minimum atomic E-state index is -1.11. The second-order valence-electron chi connectivity index (χ2n) is 4.43. The molecule has 0 heterocycles. The maximum absolute atomic E-state index is 13.3. The fourth-order valence-electron chi connectivity index (χ4n) is 1.73. The molecule has 2 aromatic rings. The van der Waals surface area contributed by atoms with Crippen molar-refractivity contribution in [1.82, 2.24) is 5.43 Å². The number of nitrogens with one attached hydrogen (secondary N) is 1. The number of amides is 1. The van der Waals surface area contributed by atoms with Crippen molar-refractivity contribution in [2.75, 3.05) is 0 Å². The molecule has 2 N–H and O–H groups in total. The Bertz CT molecular complexity index is 763. The third-order valence-corrected chi connectivity index (χ3v) is 3.07. The van der Waals surface area contributed by atoms with Crippen LogP contribution in [0.1, 0.15) is 22.8 Å². The van der Waals surface area contributed by atoms with Gasteiger partial charge < -0.3 is 5.11 Å². The van der Waals surface area contributed by atoms with Gasteiger partial charge in [0.25, 0.3) is 5.91 Å². The van der Waals surface area contributed by atoms with Crippen molar-refractivity contribution in [2.45, 2.75) is 6.92 Å². The Morgan fingerprint density at radius 1 is 1.27 bits per heavy atom. The highest BCUT2D eigenvalue weighted by atomic mass is 35.5. The van der Waals surface area contributed by atoms with Crippen molar-refractivity contribution in [3.63, 3.8) is 0 Å². The molecule has 114 valence electrons. The molecule has 0 atom stereocenters.